The van der Waals surface area contributed by atoms with Crippen LogP contribution in [0.2, 0.25) is 0 Å². The minimum Gasteiger partial charge on any atom is -0.405 e. The van der Waals surface area contributed by atoms with E-state index in [1.165, 1.54) is 24.3 Å². The van der Waals surface area contributed by atoms with Crippen LogP contribution in [-0.2, 0) is 16.1 Å². The maximum Gasteiger partial charge on any atom is 0.573 e. The highest BCUT2D eigenvalue weighted by atomic mass is 19.4. The Hall–Kier alpha value is -4.96. The SMILES string of the molecule is N#Cc1ccc(-c2ccc(OC(F)(F)F)c(CN[C@H]3CCN(C(=O)CN4C(=O)CNC4=O)C[C@H]3c3ccccc3)c2)c(F)c1. The third kappa shape index (κ3) is 6.98. The summed E-state index contributed by atoms with van der Waals surface area (Å²) in [6.07, 6.45) is -4.54. The zero-order valence-corrected chi connectivity index (χ0v) is 23.2. The van der Waals surface area contributed by atoms with Gasteiger partial charge in [0.25, 0.3) is 5.91 Å². The summed E-state index contributed by atoms with van der Waals surface area (Å²) in [6, 6.07) is 17.9. The molecular weight excluding hydrogens is 582 g/mol. The minimum absolute atomic E-state index is 0.0679. The van der Waals surface area contributed by atoms with Crippen molar-refractivity contribution >= 4 is 17.8 Å². The van der Waals surface area contributed by atoms with Gasteiger partial charge in [-0.05, 0) is 41.8 Å². The van der Waals surface area contributed by atoms with Crippen LogP contribution in [0.5, 0.6) is 5.75 Å². The van der Waals surface area contributed by atoms with E-state index < -0.39 is 35.8 Å². The number of amides is 4. The summed E-state index contributed by atoms with van der Waals surface area (Å²) in [5.41, 5.74) is 1.55. The molecule has 2 saturated heterocycles. The predicted octanol–water partition coefficient (Wildman–Crippen LogP) is 4.29. The number of alkyl halides is 3. The molecule has 2 heterocycles. The third-order valence-electron chi connectivity index (χ3n) is 7.67. The van der Waals surface area contributed by atoms with Crippen LogP contribution in [0, 0.1) is 17.1 Å². The summed E-state index contributed by atoms with van der Waals surface area (Å²) in [4.78, 5) is 39.4. The van der Waals surface area contributed by atoms with Gasteiger partial charge >= 0.3 is 12.4 Å². The highest BCUT2D eigenvalue weighted by molar-refractivity contribution is 6.04. The maximum absolute atomic E-state index is 14.8. The third-order valence-corrected chi connectivity index (χ3v) is 7.67. The lowest BCUT2D eigenvalue weighted by molar-refractivity contribution is -0.274. The Morgan fingerprint density at radius 2 is 1.86 bits per heavy atom. The molecule has 0 bridgehead atoms. The first kappa shape index (κ1) is 30.5. The van der Waals surface area contributed by atoms with E-state index in [0.717, 1.165) is 22.6 Å². The lowest BCUT2D eigenvalue weighted by atomic mass is 9.85. The molecule has 9 nitrogen and oxygen atoms in total. The minimum atomic E-state index is -4.96. The molecule has 2 aliphatic rings. The van der Waals surface area contributed by atoms with Gasteiger partial charge in [-0.1, -0.05) is 42.5 Å². The Bertz CT molecular complexity index is 1590. The summed E-state index contributed by atoms with van der Waals surface area (Å²) in [6.45, 7) is -0.0923. The molecule has 3 aromatic carbocycles. The van der Waals surface area contributed by atoms with E-state index in [9.17, 15) is 31.9 Å². The number of imide groups is 1. The van der Waals surface area contributed by atoms with Gasteiger partial charge in [-0.25, -0.2) is 9.18 Å². The predicted molar refractivity (Wildman–Crippen MR) is 149 cm³/mol. The number of ether oxygens (including phenoxy) is 1. The molecule has 2 aliphatic heterocycles. The summed E-state index contributed by atoms with van der Waals surface area (Å²) in [5.74, 6) is -2.29. The van der Waals surface area contributed by atoms with Crippen LogP contribution < -0.4 is 15.4 Å². The molecule has 4 amide bonds. The van der Waals surface area contributed by atoms with Gasteiger partial charge in [0, 0.05) is 42.7 Å². The molecule has 13 heteroatoms. The largest absolute Gasteiger partial charge is 0.573 e. The molecule has 0 unspecified atom stereocenters. The van der Waals surface area contributed by atoms with Gasteiger partial charge in [0.15, 0.2) is 0 Å². The number of nitrogens with zero attached hydrogens (tertiary/aromatic N) is 3. The molecule has 3 aromatic rings. The first-order chi connectivity index (χ1) is 21.0. The molecule has 5 rings (SSSR count). The van der Waals surface area contributed by atoms with Crippen LogP contribution in [0.15, 0.2) is 66.7 Å². The van der Waals surface area contributed by atoms with Crippen molar-refractivity contribution < 1.29 is 36.7 Å². The molecule has 2 N–H and O–H groups in total. The van der Waals surface area contributed by atoms with Crippen LogP contribution in [0.1, 0.15) is 29.0 Å². The van der Waals surface area contributed by atoms with Gasteiger partial charge in [-0.3, -0.25) is 14.5 Å². The van der Waals surface area contributed by atoms with Crippen molar-refractivity contribution in [1.29, 1.82) is 5.26 Å². The lowest BCUT2D eigenvalue weighted by Gasteiger charge is -2.40. The average Bonchev–Trinajstić information content (AvgIpc) is 3.32. The number of rotatable bonds is 8. The fourth-order valence-corrected chi connectivity index (χ4v) is 5.48. The van der Waals surface area contributed by atoms with Crippen LogP contribution in [0.4, 0.5) is 22.4 Å². The van der Waals surface area contributed by atoms with E-state index in [1.807, 2.05) is 36.4 Å². The van der Waals surface area contributed by atoms with Gasteiger partial charge in [0.05, 0.1) is 18.2 Å². The number of piperidine rings is 1. The fourth-order valence-electron chi connectivity index (χ4n) is 5.48. The lowest BCUT2D eigenvalue weighted by Crippen LogP contribution is -2.52. The van der Waals surface area contributed by atoms with Crippen LogP contribution in [-0.4, -0.2) is 66.2 Å². The Balaban J connectivity index is 1.38. The van der Waals surface area contributed by atoms with Crippen molar-refractivity contribution in [3.05, 3.63) is 89.2 Å². The normalized spacial score (nSPS) is 18.6. The second kappa shape index (κ2) is 12.7. The van der Waals surface area contributed by atoms with Gasteiger partial charge in [0.1, 0.15) is 18.1 Å². The van der Waals surface area contributed by atoms with Crippen molar-refractivity contribution in [1.82, 2.24) is 20.4 Å². The Morgan fingerprint density at radius 1 is 1.09 bits per heavy atom. The topological polar surface area (TPSA) is 115 Å². The molecule has 2 fully saturated rings. The summed E-state index contributed by atoms with van der Waals surface area (Å²) < 4.78 is 58.8. The number of nitriles is 1. The number of urea groups is 1. The van der Waals surface area contributed by atoms with E-state index in [-0.39, 0.29) is 61.4 Å². The van der Waals surface area contributed by atoms with E-state index in [2.05, 4.69) is 15.4 Å². The van der Waals surface area contributed by atoms with E-state index in [1.54, 1.807) is 4.90 Å². The summed E-state index contributed by atoms with van der Waals surface area (Å²) in [7, 11) is 0. The van der Waals surface area contributed by atoms with Crippen molar-refractivity contribution in [3.63, 3.8) is 0 Å². The standard InChI is InChI=1S/C31H27F4N5O4/c32-25-12-19(14-36)6-8-23(25)21-7-9-27(44-31(33,34)35)22(13-21)15-37-26-10-11-39(17-24(26)20-4-2-1-3-5-20)29(42)18-40-28(41)16-38-30(40)43/h1-9,12-13,24,26,37H,10-11,15-18H2,(H,38,43)/t24-,26-/m0/s1. The zero-order valence-electron chi connectivity index (χ0n) is 23.2. The number of hydrogen-bond donors (Lipinski definition) is 2. The van der Waals surface area contributed by atoms with Crippen LogP contribution >= 0.6 is 0 Å². The molecule has 0 radical (unpaired) electrons. The second-order valence-corrected chi connectivity index (χ2v) is 10.4. The first-order valence-corrected chi connectivity index (χ1v) is 13.8. The Kier molecular flexibility index (Phi) is 8.82. The number of nitrogens with one attached hydrogen (secondary N) is 2. The number of carbonyl (C=O) groups excluding carboxylic acids is 3. The molecule has 228 valence electrons. The maximum atomic E-state index is 14.8. The molecule has 2 atom stereocenters. The summed E-state index contributed by atoms with van der Waals surface area (Å²) in [5, 5.41) is 14.7. The Morgan fingerprint density at radius 3 is 2.52 bits per heavy atom. The molecule has 0 aromatic heterocycles. The van der Waals surface area contributed by atoms with E-state index in [4.69, 9.17) is 5.26 Å². The van der Waals surface area contributed by atoms with Crippen molar-refractivity contribution in [2.24, 2.45) is 0 Å². The number of halogens is 4. The van der Waals surface area contributed by atoms with Gasteiger partial charge in [-0.15, -0.1) is 13.2 Å². The average molecular weight is 610 g/mol. The number of hydrogen-bond acceptors (Lipinski definition) is 6. The smallest absolute Gasteiger partial charge is 0.405 e. The Labute approximate surface area is 250 Å². The van der Waals surface area contributed by atoms with Gasteiger partial charge < -0.3 is 20.3 Å². The monoisotopic (exact) mass is 609 g/mol. The zero-order chi connectivity index (χ0) is 31.4. The van der Waals surface area contributed by atoms with Crippen molar-refractivity contribution in [2.75, 3.05) is 26.2 Å². The number of likely N-dealkylation sites (tertiary alicyclic amines) is 1. The highest BCUT2D eigenvalue weighted by Gasteiger charge is 2.36. The van der Waals surface area contributed by atoms with E-state index >= 15 is 0 Å². The van der Waals surface area contributed by atoms with E-state index in [0.29, 0.717) is 12.0 Å². The molecule has 0 saturated carbocycles. The highest BCUT2D eigenvalue weighted by Crippen LogP contribution is 2.33. The van der Waals surface area contributed by atoms with Crippen molar-refractivity contribution in [3.8, 4) is 22.9 Å². The molecule has 0 spiro atoms. The van der Waals surface area contributed by atoms with Crippen LogP contribution in [0.3, 0.4) is 0 Å². The first-order valence-electron chi connectivity index (χ1n) is 13.8. The molecule has 0 aliphatic carbocycles. The summed E-state index contributed by atoms with van der Waals surface area (Å²) >= 11 is 0. The fraction of sp³-hybridized carbons (Fsp3) is 0.290. The molecule has 44 heavy (non-hydrogen) atoms. The van der Waals surface area contributed by atoms with Crippen molar-refractivity contribution in [2.45, 2.75) is 31.3 Å². The second-order valence-electron chi connectivity index (χ2n) is 10.4. The molecular formula is C31H27F4N5O4. The quantitative estimate of drug-likeness (QED) is 0.291. The van der Waals surface area contributed by atoms with Crippen LogP contribution in [0.25, 0.3) is 11.1 Å². The van der Waals surface area contributed by atoms with Gasteiger partial charge in [-0.2, -0.15) is 5.26 Å². The number of benzene rings is 3. The van der Waals surface area contributed by atoms with Gasteiger partial charge in [0.2, 0.25) is 5.91 Å². The number of carbonyl (C=O) groups is 3.